The number of aliphatic hydroxyl groups is 2. The minimum atomic E-state index is -1.08. The van der Waals surface area contributed by atoms with Crippen molar-refractivity contribution in [1.29, 1.82) is 0 Å². The summed E-state index contributed by atoms with van der Waals surface area (Å²) in [5.41, 5.74) is 2.30. The van der Waals surface area contributed by atoms with Crippen LogP contribution in [0.3, 0.4) is 0 Å². The molecular formula is C29H28NiO4. The molecule has 4 nitrogen and oxygen atoms in total. The zero-order chi connectivity index (χ0) is 22.8. The Labute approximate surface area is 210 Å². The summed E-state index contributed by atoms with van der Waals surface area (Å²) in [6, 6.07) is 35.5. The number of benzene rings is 4. The summed E-state index contributed by atoms with van der Waals surface area (Å²) in [4.78, 5) is 23.8. The van der Waals surface area contributed by atoms with Gasteiger partial charge in [0.25, 0.3) is 0 Å². The third-order valence-corrected chi connectivity index (χ3v) is 4.84. The summed E-state index contributed by atoms with van der Waals surface area (Å²) >= 11 is 0. The van der Waals surface area contributed by atoms with Gasteiger partial charge in [0.05, 0.1) is 0 Å². The average Bonchev–Trinajstić information content (AvgIpc) is 2.89. The van der Waals surface area contributed by atoms with Crippen LogP contribution in [0.1, 0.15) is 51.5 Å². The first-order chi connectivity index (χ1) is 15.6. The number of hydrogen-bond acceptors (Lipinski definition) is 4. The van der Waals surface area contributed by atoms with E-state index in [4.69, 9.17) is 0 Å². The van der Waals surface area contributed by atoms with Crippen molar-refractivity contribution in [3.63, 3.8) is 0 Å². The Morgan fingerprint density at radius 3 is 0.971 bits per heavy atom. The molecule has 0 saturated heterocycles. The number of carbonyl (C=O) groups excluding carboxylic acids is 2. The molecule has 0 aromatic heterocycles. The first-order valence-corrected chi connectivity index (χ1v) is 10.2. The van der Waals surface area contributed by atoms with E-state index in [1.54, 1.807) is 97.1 Å². The van der Waals surface area contributed by atoms with Crippen molar-refractivity contribution in [1.82, 2.24) is 0 Å². The topological polar surface area (TPSA) is 74.6 Å². The van der Waals surface area contributed by atoms with Crippen LogP contribution in [0, 0.1) is 0 Å². The largest absolute Gasteiger partial charge is 0.380 e. The van der Waals surface area contributed by atoms with E-state index in [0.717, 1.165) is 0 Å². The van der Waals surface area contributed by atoms with Gasteiger partial charge in [0.1, 0.15) is 12.2 Å². The van der Waals surface area contributed by atoms with Crippen molar-refractivity contribution in [2.24, 2.45) is 0 Å². The molecule has 4 aromatic rings. The summed E-state index contributed by atoms with van der Waals surface area (Å²) in [5, 5.41) is 19.8. The van der Waals surface area contributed by atoms with Crippen LogP contribution in [0.15, 0.2) is 121 Å². The van der Waals surface area contributed by atoms with Crippen LogP contribution in [0.25, 0.3) is 0 Å². The van der Waals surface area contributed by atoms with Gasteiger partial charge in [-0.05, 0) is 11.1 Å². The molecule has 2 unspecified atom stereocenters. The molecule has 0 heterocycles. The molecule has 0 amide bonds. The standard InChI is InChI=1S/2C14H12O2.CH4.Ni/c2*15-13(11-7-3-1-4-8-11)14(16)12-9-5-2-6-10-12;;/h2*1-10,13,15H;1H4;. The molecule has 0 fully saturated rings. The van der Waals surface area contributed by atoms with Crippen molar-refractivity contribution in [3.8, 4) is 0 Å². The Morgan fingerprint density at radius 1 is 0.471 bits per heavy atom. The molecule has 0 bridgehead atoms. The Morgan fingerprint density at radius 2 is 0.706 bits per heavy atom. The number of carbonyl (C=O) groups is 2. The monoisotopic (exact) mass is 498 g/mol. The number of aliphatic hydroxyl groups excluding tert-OH is 2. The van der Waals surface area contributed by atoms with Crippen LogP contribution < -0.4 is 0 Å². The zero-order valence-corrected chi connectivity index (χ0v) is 18.7. The van der Waals surface area contributed by atoms with E-state index in [1.165, 1.54) is 0 Å². The van der Waals surface area contributed by atoms with Crippen LogP contribution in [0.2, 0.25) is 0 Å². The second-order valence-corrected chi connectivity index (χ2v) is 7.09. The maximum Gasteiger partial charge on any atom is 0.195 e. The zero-order valence-electron chi connectivity index (χ0n) is 17.7. The maximum absolute atomic E-state index is 11.9. The number of rotatable bonds is 6. The molecule has 0 aliphatic carbocycles. The van der Waals surface area contributed by atoms with E-state index >= 15 is 0 Å². The summed E-state index contributed by atoms with van der Waals surface area (Å²) in [6.07, 6.45) is -2.16. The van der Waals surface area contributed by atoms with Crippen molar-refractivity contribution >= 4 is 11.6 Å². The number of hydrogen-bond donors (Lipinski definition) is 2. The van der Waals surface area contributed by atoms with Gasteiger partial charge in [-0.3, -0.25) is 9.59 Å². The summed E-state index contributed by atoms with van der Waals surface area (Å²) in [6.45, 7) is 0. The molecular weight excluding hydrogens is 471 g/mol. The van der Waals surface area contributed by atoms with Gasteiger partial charge in [-0.15, -0.1) is 0 Å². The third kappa shape index (κ3) is 7.89. The van der Waals surface area contributed by atoms with Gasteiger partial charge < -0.3 is 10.2 Å². The summed E-state index contributed by atoms with van der Waals surface area (Å²) < 4.78 is 0. The molecule has 2 atom stereocenters. The molecule has 0 aliphatic rings. The van der Waals surface area contributed by atoms with Gasteiger partial charge in [0.15, 0.2) is 11.6 Å². The minimum absolute atomic E-state index is 0. The molecule has 34 heavy (non-hydrogen) atoms. The predicted molar refractivity (Wildman–Crippen MR) is 131 cm³/mol. The molecule has 4 rings (SSSR count). The Bertz CT molecular complexity index is 1020. The van der Waals surface area contributed by atoms with Gasteiger partial charge >= 0.3 is 0 Å². The number of Topliss-reactive ketones (excluding diaryl/α,β-unsaturated/α-hetero) is 2. The fourth-order valence-electron chi connectivity index (χ4n) is 3.09. The van der Waals surface area contributed by atoms with Crippen molar-refractivity contribution in [2.75, 3.05) is 0 Å². The molecule has 0 spiro atoms. The third-order valence-electron chi connectivity index (χ3n) is 4.84. The van der Waals surface area contributed by atoms with Crippen LogP contribution in [-0.4, -0.2) is 21.8 Å². The van der Waals surface area contributed by atoms with E-state index in [9.17, 15) is 19.8 Å². The molecule has 2 N–H and O–H groups in total. The fraction of sp³-hybridized carbons (Fsp3) is 0.103. The first kappa shape index (κ1) is 28.7. The Kier molecular flexibility index (Phi) is 12.4. The van der Waals surface area contributed by atoms with Crippen LogP contribution >= 0.6 is 0 Å². The van der Waals surface area contributed by atoms with Crippen molar-refractivity contribution < 1.29 is 36.3 Å². The van der Waals surface area contributed by atoms with E-state index in [0.29, 0.717) is 22.3 Å². The average molecular weight is 499 g/mol. The van der Waals surface area contributed by atoms with Gasteiger partial charge in [-0.2, -0.15) is 0 Å². The second-order valence-electron chi connectivity index (χ2n) is 7.09. The smallest absolute Gasteiger partial charge is 0.195 e. The first-order valence-electron chi connectivity index (χ1n) is 10.2. The molecule has 0 aliphatic heterocycles. The summed E-state index contributed by atoms with van der Waals surface area (Å²) in [7, 11) is 0. The van der Waals surface area contributed by atoms with Gasteiger partial charge in [-0.25, -0.2) is 0 Å². The fourth-order valence-corrected chi connectivity index (χ4v) is 3.09. The SMILES string of the molecule is C.O=C(c1ccccc1)C(O)c1ccccc1.O=C(c1ccccc1)C(O)c1ccccc1.[Ni]. The molecule has 5 heteroatoms. The van der Waals surface area contributed by atoms with Gasteiger partial charge in [-0.1, -0.05) is 129 Å². The van der Waals surface area contributed by atoms with E-state index in [-0.39, 0.29) is 35.5 Å². The van der Waals surface area contributed by atoms with Crippen molar-refractivity contribution in [3.05, 3.63) is 144 Å². The normalized spacial score (nSPS) is 11.4. The predicted octanol–water partition coefficient (Wildman–Crippen LogP) is 5.84. The maximum atomic E-state index is 11.9. The quantitative estimate of drug-likeness (QED) is 0.258. The van der Waals surface area contributed by atoms with Crippen LogP contribution in [0.5, 0.6) is 0 Å². The van der Waals surface area contributed by atoms with Crippen LogP contribution in [-0.2, 0) is 16.5 Å². The molecule has 4 aromatic carbocycles. The molecule has 0 radical (unpaired) electrons. The van der Waals surface area contributed by atoms with Gasteiger partial charge in [0, 0.05) is 27.6 Å². The number of ketones is 2. The Hall–Kier alpha value is -3.37. The van der Waals surface area contributed by atoms with Gasteiger partial charge in [0.2, 0.25) is 0 Å². The molecule has 178 valence electrons. The van der Waals surface area contributed by atoms with E-state index in [1.807, 2.05) is 24.3 Å². The Balaban J connectivity index is 0.000000321. The molecule has 0 saturated carbocycles. The van der Waals surface area contributed by atoms with E-state index < -0.39 is 12.2 Å². The second kappa shape index (κ2) is 14.7. The van der Waals surface area contributed by atoms with Crippen LogP contribution in [0.4, 0.5) is 0 Å². The minimum Gasteiger partial charge on any atom is -0.380 e. The summed E-state index contributed by atoms with van der Waals surface area (Å²) in [5.74, 6) is -0.543. The van der Waals surface area contributed by atoms with E-state index in [2.05, 4.69) is 0 Å². The van der Waals surface area contributed by atoms with Crippen molar-refractivity contribution in [2.45, 2.75) is 19.6 Å².